The Bertz CT molecular complexity index is 81.7. The third kappa shape index (κ3) is 5.20. The Hall–Kier alpha value is 0.390. The SMILES string of the molecule is CCN(CC)C[P+](C)(C)C. The average Bonchev–Trinajstić information content (AvgIpc) is 1.81. The minimum absolute atomic E-state index is 0.579. The molecular weight excluding hydrogens is 141 g/mol. The van der Waals surface area contributed by atoms with Crippen molar-refractivity contribution in [3.8, 4) is 0 Å². The van der Waals surface area contributed by atoms with Gasteiger partial charge in [0.1, 0.15) is 6.29 Å². The van der Waals surface area contributed by atoms with E-state index < -0.39 is 7.26 Å². The fraction of sp³-hybridized carbons (Fsp3) is 1.00. The number of hydrogen-bond donors (Lipinski definition) is 0. The molecule has 0 aliphatic carbocycles. The summed E-state index contributed by atoms with van der Waals surface area (Å²) >= 11 is 0. The minimum atomic E-state index is -0.579. The smallest absolute Gasteiger partial charge is 0.111 e. The van der Waals surface area contributed by atoms with E-state index >= 15 is 0 Å². The van der Waals surface area contributed by atoms with Gasteiger partial charge in [-0.25, -0.2) is 0 Å². The summed E-state index contributed by atoms with van der Waals surface area (Å²) in [4.78, 5) is 2.51. The van der Waals surface area contributed by atoms with Gasteiger partial charge in [-0.3, -0.25) is 4.90 Å². The maximum absolute atomic E-state index is 2.51. The van der Waals surface area contributed by atoms with Gasteiger partial charge < -0.3 is 0 Å². The second kappa shape index (κ2) is 4.31. The summed E-state index contributed by atoms with van der Waals surface area (Å²) in [6.07, 6.45) is 1.32. The van der Waals surface area contributed by atoms with E-state index in [0.717, 1.165) is 0 Å². The molecule has 0 rings (SSSR count). The summed E-state index contributed by atoms with van der Waals surface area (Å²) in [5.41, 5.74) is 0. The van der Waals surface area contributed by atoms with Gasteiger partial charge in [-0.15, -0.1) is 0 Å². The van der Waals surface area contributed by atoms with Gasteiger partial charge >= 0.3 is 0 Å². The molecule has 0 heterocycles. The van der Waals surface area contributed by atoms with E-state index in [-0.39, 0.29) is 0 Å². The molecule has 0 N–H and O–H groups in total. The maximum Gasteiger partial charge on any atom is 0.111 e. The lowest BCUT2D eigenvalue weighted by Gasteiger charge is -2.22. The largest absolute Gasteiger partial charge is 0.272 e. The first kappa shape index (κ1) is 10.4. The fourth-order valence-corrected chi connectivity index (χ4v) is 2.62. The first-order chi connectivity index (χ1) is 4.49. The second-order valence-corrected chi connectivity index (χ2v) is 8.60. The molecule has 0 radical (unpaired) electrons. The summed E-state index contributed by atoms with van der Waals surface area (Å²) in [6, 6.07) is 0. The standard InChI is InChI=1S/C8H21NP/c1-6-9(7-2)8-10(3,4)5/h6-8H2,1-5H3/q+1. The highest BCUT2D eigenvalue weighted by Gasteiger charge is 2.19. The van der Waals surface area contributed by atoms with E-state index in [2.05, 4.69) is 38.7 Å². The Morgan fingerprint density at radius 3 is 1.50 bits per heavy atom. The normalized spacial score (nSPS) is 12.6. The zero-order valence-corrected chi connectivity index (χ0v) is 8.91. The summed E-state index contributed by atoms with van der Waals surface area (Å²) in [5, 5.41) is 0. The zero-order chi connectivity index (χ0) is 8.20. The van der Waals surface area contributed by atoms with Crippen LogP contribution >= 0.6 is 7.26 Å². The van der Waals surface area contributed by atoms with Crippen molar-refractivity contribution < 1.29 is 0 Å². The average molecular weight is 162 g/mol. The number of nitrogens with zero attached hydrogens (tertiary/aromatic N) is 1. The first-order valence-electron chi connectivity index (χ1n) is 4.02. The van der Waals surface area contributed by atoms with E-state index in [9.17, 15) is 0 Å². The third-order valence-corrected chi connectivity index (χ3v) is 2.77. The van der Waals surface area contributed by atoms with Crippen LogP contribution in [-0.2, 0) is 0 Å². The molecule has 0 fully saturated rings. The van der Waals surface area contributed by atoms with Crippen LogP contribution in [-0.4, -0.2) is 44.3 Å². The summed E-state index contributed by atoms with van der Waals surface area (Å²) in [7, 11) is -0.579. The number of hydrogen-bond acceptors (Lipinski definition) is 1. The topological polar surface area (TPSA) is 3.24 Å². The van der Waals surface area contributed by atoms with Crippen molar-refractivity contribution in [2.45, 2.75) is 13.8 Å². The van der Waals surface area contributed by atoms with Crippen LogP contribution in [0.4, 0.5) is 0 Å². The molecule has 0 amide bonds. The van der Waals surface area contributed by atoms with Crippen LogP contribution in [0, 0.1) is 0 Å². The lowest BCUT2D eigenvalue weighted by atomic mass is 10.6. The van der Waals surface area contributed by atoms with Gasteiger partial charge in [0.25, 0.3) is 0 Å². The molecule has 0 atom stereocenters. The van der Waals surface area contributed by atoms with Gasteiger partial charge in [-0.1, -0.05) is 13.8 Å². The highest BCUT2D eigenvalue weighted by Crippen LogP contribution is 2.46. The number of rotatable bonds is 4. The third-order valence-electron chi connectivity index (χ3n) is 1.52. The van der Waals surface area contributed by atoms with Gasteiger partial charge in [0, 0.05) is 27.3 Å². The van der Waals surface area contributed by atoms with Gasteiger partial charge in [0.05, 0.1) is 0 Å². The highest BCUT2D eigenvalue weighted by atomic mass is 31.2. The lowest BCUT2D eigenvalue weighted by molar-refractivity contribution is 0.354. The van der Waals surface area contributed by atoms with Crippen molar-refractivity contribution in [1.29, 1.82) is 0 Å². The van der Waals surface area contributed by atoms with Crippen LogP contribution in [0.1, 0.15) is 13.8 Å². The van der Waals surface area contributed by atoms with Crippen LogP contribution in [0.25, 0.3) is 0 Å². The molecule has 0 bridgehead atoms. The van der Waals surface area contributed by atoms with Gasteiger partial charge in [0.2, 0.25) is 0 Å². The van der Waals surface area contributed by atoms with E-state index in [1.165, 1.54) is 19.4 Å². The maximum atomic E-state index is 2.51. The van der Waals surface area contributed by atoms with Crippen LogP contribution < -0.4 is 0 Å². The van der Waals surface area contributed by atoms with Crippen molar-refractivity contribution in [3.05, 3.63) is 0 Å². The van der Waals surface area contributed by atoms with E-state index in [0.29, 0.717) is 0 Å². The minimum Gasteiger partial charge on any atom is -0.272 e. The van der Waals surface area contributed by atoms with E-state index in [1.54, 1.807) is 0 Å². The molecule has 0 saturated carbocycles. The molecule has 0 aromatic rings. The van der Waals surface area contributed by atoms with Crippen molar-refractivity contribution in [1.82, 2.24) is 4.90 Å². The predicted octanol–water partition coefficient (Wildman–Crippen LogP) is 2.19. The van der Waals surface area contributed by atoms with Gasteiger partial charge in [0.15, 0.2) is 0 Å². The lowest BCUT2D eigenvalue weighted by Crippen LogP contribution is -2.25. The predicted molar refractivity (Wildman–Crippen MR) is 52.5 cm³/mol. The summed E-state index contributed by atoms with van der Waals surface area (Å²) < 4.78 is 0. The zero-order valence-electron chi connectivity index (χ0n) is 8.02. The fourth-order valence-electron chi connectivity index (χ4n) is 1.02. The van der Waals surface area contributed by atoms with E-state index in [1.807, 2.05) is 0 Å². The van der Waals surface area contributed by atoms with Crippen LogP contribution in [0.2, 0.25) is 0 Å². The molecule has 0 saturated heterocycles. The monoisotopic (exact) mass is 162 g/mol. The van der Waals surface area contributed by atoms with Crippen molar-refractivity contribution in [2.75, 3.05) is 39.4 Å². The molecule has 2 heteroatoms. The molecule has 1 nitrogen and oxygen atoms in total. The van der Waals surface area contributed by atoms with Crippen molar-refractivity contribution >= 4 is 7.26 Å². The Kier molecular flexibility index (Phi) is 4.47. The Morgan fingerprint density at radius 2 is 1.40 bits per heavy atom. The molecule has 62 valence electrons. The quantitative estimate of drug-likeness (QED) is 0.573. The molecule has 10 heavy (non-hydrogen) atoms. The van der Waals surface area contributed by atoms with Gasteiger partial charge in [-0.05, 0) is 13.1 Å². The molecule has 0 aliphatic rings. The summed E-state index contributed by atoms with van der Waals surface area (Å²) in [5.74, 6) is 0. The molecule has 0 aromatic heterocycles. The molecular formula is C8H21NP+. The molecule has 0 unspecified atom stereocenters. The first-order valence-corrected chi connectivity index (χ1v) is 7.34. The molecule has 0 aromatic carbocycles. The van der Waals surface area contributed by atoms with Crippen LogP contribution in [0.3, 0.4) is 0 Å². The molecule has 0 aliphatic heterocycles. The highest BCUT2D eigenvalue weighted by molar-refractivity contribution is 7.73. The van der Waals surface area contributed by atoms with Crippen molar-refractivity contribution in [2.24, 2.45) is 0 Å². The van der Waals surface area contributed by atoms with Crippen molar-refractivity contribution in [3.63, 3.8) is 0 Å². The Labute approximate surface area is 66.1 Å². The van der Waals surface area contributed by atoms with E-state index in [4.69, 9.17) is 0 Å². The Balaban J connectivity index is 3.63. The Morgan fingerprint density at radius 1 is 1.00 bits per heavy atom. The summed E-state index contributed by atoms with van der Waals surface area (Å²) in [6.45, 7) is 14.1. The van der Waals surface area contributed by atoms with Crippen LogP contribution in [0.15, 0.2) is 0 Å². The second-order valence-electron chi connectivity index (χ2n) is 3.74. The van der Waals surface area contributed by atoms with Crippen LogP contribution in [0.5, 0.6) is 0 Å². The van der Waals surface area contributed by atoms with Gasteiger partial charge in [-0.2, -0.15) is 0 Å². The molecule has 0 spiro atoms.